The number of aryl methyl sites for hydroxylation is 9. The largest absolute Gasteiger partial charge is 0.265 e. The average molecular weight is 1570 g/mol. The highest BCUT2D eigenvalue weighted by Crippen LogP contribution is 2.28. The molecule has 9 heteroatoms. The Labute approximate surface area is 707 Å². The Balaban J connectivity index is 0.000000142. The molecule has 18 rings (SSSR count). The van der Waals surface area contributed by atoms with Gasteiger partial charge in [0.1, 0.15) is 17.5 Å². The third kappa shape index (κ3) is 29.3. The van der Waals surface area contributed by atoms with Gasteiger partial charge in [-0.1, -0.05) is 318 Å². The van der Waals surface area contributed by atoms with E-state index < -0.39 is 0 Å². The van der Waals surface area contributed by atoms with Gasteiger partial charge in [-0.2, -0.15) is 0 Å². The first kappa shape index (κ1) is 87.7. The van der Waals surface area contributed by atoms with Gasteiger partial charge in [-0.3, -0.25) is 29.9 Å². The smallest absolute Gasteiger partial charge is 0.131 e. The van der Waals surface area contributed by atoms with Crippen molar-refractivity contribution in [1.29, 1.82) is 0 Å². The molecule has 0 N–H and O–H groups in total. The van der Waals surface area contributed by atoms with Crippen molar-refractivity contribution in [2.45, 2.75) is 62.3 Å². The van der Waals surface area contributed by atoms with E-state index in [-0.39, 0.29) is 17.5 Å². The average Bonchev–Trinajstić information content (AvgIpc) is 0.863. The van der Waals surface area contributed by atoms with Crippen molar-refractivity contribution in [1.82, 2.24) is 29.9 Å². The fourth-order valence-corrected chi connectivity index (χ4v) is 12.4. The number of aromatic nitrogens is 6. The number of pyridine rings is 6. The van der Waals surface area contributed by atoms with Gasteiger partial charge in [0.05, 0.1) is 0 Å². The zero-order valence-corrected chi connectivity index (χ0v) is 69.4. The molecule has 18 aromatic rings. The summed E-state index contributed by atoms with van der Waals surface area (Å²) in [5.74, 6) is -0.555. The Bertz CT molecular complexity index is 5680. The fourth-order valence-electron chi connectivity index (χ4n) is 12.4. The molecule has 0 aliphatic heterocycles. The minimum absolute atomic E-state index is 0.170. The maximum absolute atomic E-state index is 13.4. The maximum atomic E-state index is 13.4. The summed E-state index contributed by atoms with van der Waals surface area (Å²) >= 11 is 0. The molecule has 6 aromatic heterocycles. The Hall–Kier alpha value is -14.7. The van der Waals surface area contributed by atoms with Gasteiger partial charge in [0.15, 0.2) is 0 Å². The molecular weight excluding hydrogens is 1470 g/mol. The number of hydrogen-bond donors (Lipinski definition) is 0. The number of rotatable bonds is 9. The number of benzene rings is 12. The summed E-state index contributed by atoms with van der Waals surface area (Å²) in [6, 6.07) is 119. The lowest BCUT2D eigenvalue weighted by atomic mass is 10.0. The molecule has 12 aromatic carbocycles. The molecule has 0 unspecified atom stereocenters. The van der Waals surface area contributed by atoms with E-state index in [4.69, 9.17) is 0 Å². The molecule has 120 heavy (non-hydrogen) atoms. The predicted octanol–water partition coefficient (Wildman–Crippen LogP) is 29.7. The molecule has 0 bridgehead atoms. The standard InChI is InChI=1S/3C13H11F.6C12H11N/c1-10-2-4-11(5-3-10)12-6-8-13(14)9-7-12;1-10-5-7-11(8-6-10)12-3-2-4-13(14)9-12;1-10-6-8-11(9-7-10)12-4-2-3-5-13(12)14;1-10-2-4-11(5-3-10)12-6-8-13-9-7-12;1-10-4-2-5-11(8-10)12-6-3-7-13-9-12;1-10-4-6-11(7-5-10)12-3-2-8-13-9-12;1-10-5-2-3-7-12(10)11-6-4-8-13-9-11;1-10-3-2-4-12(9-10)11-5-7-13-8-6-11;1-10-4-2-3-5-12(10)11-6-8-13-9-7-11/h3*2-9H,1H3;6*2-9H,1H3. The highest BCUT2D eigenvalue weighted by Gasteiger charge is 2.06. The van der Waals surface area contributed by atoms with Crippen LogP contribution in [0.4, 0.5) is 13.2 Å². The van der Waals surface area contributed by atoms with Crippen LogP contribution in [0.3, 0.4) is 0 Å². The van der Waals surface area contributed by atoms with E-state index in [1.807, 2.05) is 197 Å². The molecule has 0 amide bonds. The van der Waals surface area contributed by atoms with E-state index in [0.29, 0.717) is 5.56 Å². The summed E-state index contributed by atoms with van der Waals surface area (Å²) in [7, 11) is 0. The zero-order valence-electron chi connectivity index (χ0n) is 69.4. The summed E-state index contributed by atoms with van der Waals surface area (Å²) in [5.41, 5.74) is 31.8. The molecule has 0 saturated carbocycles. The summed E-state index contributed by atoms with van der Waals surface area (Å²) in [6.07, 6.45) is 21.9. The Kier molecular flexibility index (Phi) is 34.6. The first-order valence-corrected chi connectivity index (χ1v) is 39.8. The third-order valence-electron chi connectivity index (χ3n) is 19.1. The predicted molar refractivity (Wildman–Crippen MR) is 496 cm³/mol. The highest BCUT2D eigenvalue weighted by atomic mass is 19.1. The molecule has 0 fully saturated rings. The Morgan fingerprint density at radius 3 is 0.808 bits per heavy atom. The Morgan fingerprint density at radius 1 is 0.158 bits per heavy atom. The summed E-state index contributed by atoms with van der Waals surface area (Å²) in [6.45, 7) is 18.7. The maximum Gasteiger partial charge on any atom is 0.131 e. The molecule has 6 nitrogen and oxygen atoms in total. The highest BCUT2D eigenvalue weighted by molar-refractivity contribution is 5.71. The summed E-state index contributed by atoms with van der Waals surface area (Å²) in [4.78, 5) is 24.3. The second-order valence-electron chi connectivity index (χ2n) is 28.6. The molecule has 594 valence electrons. The van der Waals surface area contributed by atoms with Crippen LogP contribution < -0.4 is 0 Å². The number of hydrogen-bond acceptors (Lipinski definition) is 6. The van der Waals surface area contributed by atoms with E-state index in [2.05, 4.69) is 254 Å². The first-order valence-electron chi connectivity index (χ1n) is 39.8. The zero-order chi connectivity index (χ0) is 84.5. The van der Waals surface area contributed by atoms with Gasteiger partial charge in [0, 0.05) is 85.5 Å². The molecule has 0 aliphatic rings. The van der Waals surface area contributed by atoms with Crippen LogP contribution in [0.2, 0.25) is 0 Å². The topological polar surface area (TPSA) is 77.3 Å². The third-order valence-corrected chi connectivity index (χ3v) is 19.1. The monoisotopic (exact) mass is 1570 g/mol. The molecular formula is C111H99F3N6. The summed E-state index contributed by atoms with van der Waals surface area (Å²) in [5, 5.41) is 0. The van der Waals surface area contributed by atoms with Crippen molar-refractivity contribution in [2.24, 2.45) is 0 Å². The minimum atomic E-state index is -0.194. The first-order chi connectivity index (χ1) is 58.5. The molecule has 0 spiro atoms. The van der Waals surface area contributed by atoms with Crippen molar-refractivity contribution in [3.05, 3.63) is 506 Å². The van der Waals surface area contributed by atoms with Crippen molar-refractivity contribution >= 4 is 0 Å². The van der Waals surface area contributed by atoms with E-state index in [1.54, 1.807) is 55.0 Å². The van der Waals surface area contributed by atoms with E-state index in [1.165, 1.54) is 141 Å². The van der Waals surface area contributed by atoms with Crippen molar-refractivity contribution < 1.29 is 13.2 Å². The van der Waals surface area contributed by atoms with Crippen LogP contribution in [0.15, 0.2) is 438 Å². The van der Waals surface area contributed by atoms with Gasteiger partial charge in [-0.15, -0.1) is 0 Å². The van der Waals surface area contributed by atoms with Gasteiger partial charge in [-0.25, -0.2) is 13.2 Å². The van der Waals surface area contributed by atoms with E-state index in [0.717, 1.165) is 27.8 Å². The van der Waals surface area contributed by atoms with Crippen LogP contribution in [0.5, 0.6) is 0 Å². The number of halogens is 3. The van der Waals surface area contributed by atoms with Crippen LogP contribution in [-0.2, 0) is 0 Å². The van der Waals surface area contributed by atoms with Crippen molar-refractivity contribution in [2.75, 3.05) is 0 Å². The normalized spacial score (nSPS) is 10.0. The van der Waals surface area contributed by atoms with Gasteiger partial charge in [0.2, 0.25) is 0 Å². The van der Waals surface area contributed by atoms with Gasteiger partial charge < -0.3 is 0 Å². The van der Waals surface area contributed by atoms with Crippen molar-refractivity contribution in [3.8, 4) is 100 Å². The van der Waals surface area contributed by atoms with E-state index in [9.17, 15) is 13.2 Å². The summed E-state index contributed by atoms with van der Waals surface area (Å²) < 4.78 is 39.0. The second-order valence-corrected chi connectivity index (χ2v) is 28.6. The van der Waals surface area contributed by atoms with Gasteiger partial charge in [0.25, 0.3) is 0 Å². The molecule has 6 heterocycles. The van der Waals surface area contributed by atoms with Crippen LogP contribution in [0.25, 0.3) is 100 Å². The van der Waals surface area contributed by atoms with Crippen LogP contribution in [0.1, 0.15) is 50.1 Å². The second kappa shape index (κ2) is 47.4. The Morgan fingerprint density at radius 2 is 0.433 bits per heavy atom. The lowest BCUT2D eigenvalue weighted by Gasteiger charge is -2.03. The van der Waals surface area contributed by atoms with E-state index >= 15 is 0 Å². The van der Waals surface area contributed by atoms with Crippen LogP contribution >= 0.6 is 0 Å². The van der Waals surface area contributed by atoms with Gasteiger partial charge >= 0.3 is 0 Å². The fraction of sp³-hybridized carbons (Fsp3) is 0.0811. The lowest BCUT2D eigenvalue weighted by molar-refractivity contribution is 0.627. The van der Waals surface area contributed by atoms with Gasteiger partial charge in [-0.05, 0) is 247 Å². The quantitative estimate of drug-likeness (QED) is 0.143. The van der Waals surface area contributed by atoms with Crippen LogP contribution in [-0.4, -0.2) is 29.9 Å². The SMILES string of the molecule is Cc1ccc(-c2ccc(F)cc2)cc1.Cc1ccc(-c2cccc(F)c2)cc1.Cc1ccc(-c2ccccc2F)cc1.Cc1ccc(-c2cccnc2)cc1.Cc1ccc(-c2ccncc2)cc1.Cc1cccc(-c2cccnc2)c1.Cc1cccc(-c2ccncc2)c1.Cc1ccccc1-c1cccnc1.Cc1ccccc1-c1ccncc1. The molecule has 0 atom stereocenters. The number of nitrogens with zero attached hydrogens (tertiary/aromatic N) is 6. The minimum Gasteiger partial charge on any atom is -0.265 e. The van der Waals surface area contributed by atoms with Crippen LogP contribution in [0, 0.1) is 79.8 Å². The lowest BCUT2D eigenvalue weighted by Crippen LogP contribution is -1.83. The molecule has 0 radical (unpaired) electrons. The van der Waals surface area contributed by atoms with Crippen molar-refractivity contribution in [3.63, 3.8) is 0 Å². The molecule has 0 aliphatic carbocycles. The molecule has 0 saturated heterocycles.